The number of aromatic nitrogens is 1. The van der Waals surface area contributed by atoms with Gasteiger partial charge < -0.3 is 5.73 Å². The highest BCUT2D eigenvalue weighted by Crippen LogP contribution is 2.41. The van der Waals surface area contributed by atoms with E-state index in [1.807, 2.05) is 30.3 Å². The fourth-order valence-electron chi connectivity index (χ4n) is 2.87. The summed E-state index contributed by atoms with van der Waals surface area (Å²) in [6.45, 7) is 0.481. The van der Waals surface area contributed by atoms with Gasteiger partial charge in [-0.05, 0) is 30.5 Å². The Morgan fingerprint density at radius 2 is 2.05 bits per heavy atom. The molecule has 0 amide bonds. The van der Waals surface area contributed by atoms with E-state index >= 15 is 0 Å². The van der Waals surface area contributed by atoms with E-state index in [0.29, 0.717) is 13.0 Å². The molecule has 1 aliphatic rings. The van der Waals surface area contributed by atoms with Crippen molar-refractivity contribution in [2.24, 2.45) is 11.1 Å². The monoisotopic (exact) mass is 254 g/mol. The summed E-state index contributed by atoms with van der Waals surface area (Å²) in [7, 11) is 0. The SMILES string of the molecule is NCC1(C(=O)Cc2ccnc3ccccc23)CCC1. The molecular weight excluding hydrogens is 236 g/mol. The first-order chi connectivity index (χ1) is 9.25. The van der Waals surface area contributed by atoms with Crippen molar-refractivity contribution in [3.8, 4) is 0 Å². The third kappa shape index (κ3) is 2.04. The van der Waals surface area contributed by atoms with E-state index in [9.17, 15) is 4.79 Å². The summed E-state index contributed by atoms with van der Waals surface area (Å²) >= 11 is 0. The fourth-order valence-corrected chi connectivity index (χ4v) is 2.87. The first-order valence-electron chi connectivity index (χ1n) is 6.81. The lowest BCUT2D eigenvalue weighted by atomic mass is 9.65. The molecule has 1 heterocycles. The van der Waals surface area contributed by atoms with Gasteiger partial charge >= 0.3 is 0 Å². The predicted octanol–water partition coefficient (Wildman–Crippen LogP) is 2.48. The molecule has 1 aromatic heterocycles. The van der Waals surface area contributed by atoms with Crippen LogP contribution in [0.1, 0.15) is 24.8 Å². The highest BCUT2D eigenvalue weighted by molar-refractivity contribution is 5.92. The lowest BCUT2D eigenvalue weighted by molar-refractivity contribution is -0.132. The van der Waals surface area contributed by atoms with Gasteiger partial charge in [-0.2, -0.15) is 0 Å². The first kappa shape index (κ1) is 12.3. The van der Waals surface area contributed by atoms with Crippen LogP contribution in [-0.2, 0) is 11.2 Å². The Balaban J connectivity index is 1.91. The van der Waals surface area contributed by atoms with Gasteiger partial charge in [-0.1, -0.05) is 24.6 Å². The molecule has 0 saturated heterocycles. The van der Waals surface area contributed by atoms with Gasteiger partial charge in [0.2, 0.25) is 0 Å². The molecule has 1 aromatic carbocycles. The van der Waals surface area contributed by atoms with Gasteiger partial charge in [0.1, 0.15) is 5.78 Å². The second-order valence-corrected chi connectivity index (χ2v) is 5.43. The molecule has 3 rings (SSSR count). The van der Waals surface area contributed by atoms with E-state index in [1.54, 1.807) is 6.20 Å². The number of para-hydroxylation sites is 1. The minimum atomic E-state index is -0.246. The second-order valence-electron chi connectivity index (χ2n) is 5.43. The van der Waals surface area contributed by atoms with Gasteiger partial charge in [-0.25, -0.2) is 0 Å². The lowest BCUT2D eigenvalue weighted by Gasteiger charge is -2.39. The Morgan fingerprint density at radius 3 is 2.74 bits per heavy atom. The summed E-state index contributed by atoms with van der Waals surface area (Å²) in [6.07, 6.45) is 5.28. The third-order valence-electron chi connectivity index (χ3n) is 4.38. The molecule has 1 saturated carbocycles. The number of fused-ring (bicyclic) bond motifs is 1. The zero-order valence-electron chi connectivity index (χ0n) is 10.9. The lowest BCUT2D eigenvalue weighted by Crippen LogP contribution is -2.45. The zero-order chi connectivity index (χ0) is 13.3. The summed E-state index contributed by atoms with van der Waals surface area (Å²) in [5, 5.41) is 1.07. The van der Waals surface area contributed by atoms with E-state index in [-0.39, 0.29) is 11.2 Å². The molecule has 2 N–H and O–H groups in total. The molecule has 19 heavy (non-hydrogen) atoms. The van der Waals surface area contributed by atoms with Crippen LogP contribution < -0.4 is 5.73 Å². The van der Waals surface area contributed by atoms with Crippen molar-refractivity contribution in [2.45, 2.75) is 25.7 Å². The molecule has 0 atom stereocenters. The van der Waals surface area contributed by atoms with E-state index in [2.05, 4.69) is 4.98 Å². The maximum Gasteiger partial charge on any atom is 0.144 e. The van der Waals surface area contributed by atoms with Crippen LogP contribution in [-0.4, -0.2) is 17.3 Å². The van der Waals surface area contributed by atoms with Crippen molar-refractivity contribution in [3.63, 3.8) is 0 Å². The maximum absolute atomic E-state index is 12.5. The number of carbonyl (C=O) groups excluding carboxylic acids is 1. The van der Waals surface area contributed by atoms with Crippen LogP contribution in [0.15, 0.2) is 36.5 Å². The Bertz CT molecular complexity index is 606. The fraction of sp³-hybridized carbons (Fsp3) is 0.375. The first-order valence-corrected chi connectivity index (χ1v) is 6.81. The molecule has 0 radical (unpaired) electrons. The average Bonchev–Trinajstić information content (AvgIpc) is 2.38. The molecule has 0 spiro atoms. The Kier molecular flexibility index (Phi) is 3.07. The summed E-state index contributed by atoms with van der Waals surface area (Å²) in [5.74, 6) is 0.289. The summed E-state index contributed by atoms with van der Waals surface area (Å²) in [6, 6.07) is 9.91. The number of benzene rings is 1. The van der Waals surface area contributed by atoms with Crippen LogP contribution in [0.5, 0.6) is 0 Å². The van der Waals surface area contributed by atoms with E-state index in [4.69, 9.17) is 5.73 Å². The van der Waals surface area contributed by atoms with E-state index < -0.39 is 0 Å². The smallest absolute Gasteiger partial charge is 0.144 e. The zero-order valence-corrected chi connectivity index (χ0v) is 10.9. The molecule has 1 aliphatic carbocycles. The van der Waals surface area contributed by atoms with E-state index in [1.165, 1.54) is 0 Å². The van der Waals surface area contributed by atoms with Gasteiger partial charge in [-0.15, -0.1) is 0 Å². The van der Waals surface area contributed by atoms with Crippen molar-refractivity contribution in [1.82, 2.24) is 4.98 Å². The molecule has 0 aliphatic heterocycles. The number of hydrogen-bond acceptors (Lipinski definition) is 3. The molecule has 3 nitrogen and oxygen atoms in total. The van der Waals surface area contributed by atoms with Crippen molar-refractivity contribution in [1.29, 1.82) is 0 Å². The number of pyridine rings is 1. The van der Waals surface area contributed by atoms with Crippen molar-refractivity contribution in [3.05, 3.63) is 42.1 Å². The number of nitrogens with zero attached hydrogens (tertiary/aromatic N) is 1. The van der Waals surface area contributed by atoms with Crippen molar-refractivity contribution < 1.29 is 4.79 Å². The Morgan fingerprint density at radius 1 is 1.26 bits per heavy atom. The minimum Gasteiger partial charge on any atom is -0.329 e. The van der Waals surface area contributed by atoms with Crippen molar-refractivity contribution >= 4 is 16.7 Å². The Labute approximate surface area is 112 Å². The van der Waals surface area contributed by atoms with Gasteiger partial charge in [0, 0.05) is 30.0 Å². The Hall–Kier alpha value is -1.74. The van der Waals surface area contributed by atoms with Gasteiger partial charge in [0.05, 0.1) is 5.52 Å². The molecule has 2 aromatic rings. The normalized spacial score (nSPS) is 17.1. The number of carbonyl (C=O) groups is 1. The third-order valence-corrected chi connectivity index (χ3v) is 4.38. The van der Waals surface area contributed by atoms with E-state index in [0.717, 1.165) is 35.7 Å². The second kappa shape index (κ2) is 4.74. The van der Waals surface area contributed by atoms with Crippen LogP contribution in [0.4, 0.5) is 0 Å². The van der Waals surface area contributed by atoms with Gasteiger partial charge in [0.15, 0.2) is 0 Å². The topological polar surface area (TPSA) is 56.0 Å². The number of rotatable bonds is 4. The van der Waals surface area contributed by atoms with Crippen LogP contribution in [0, 0.1) is 5.41 Å². The summed E-state index contributed by atoms with van der Waals surface area (Å²) in [4.78, 5) is 16.8. The number of nitrogens with two attached hydrogens (primary N) is 1. The standard InChI is InChI=1S/C16H18N2O/c17-11-16(7-3-8-16)15(19)10-12-6-9-18-14-5-2-1-4-13(12)14/h1-2,4-6,9H,3,7-8,10-11,17H2. The van der Waals surface area contributed by atoms with Crippen LogP contribution in [0.2, 0.25) is 0 Å². The largest absolute Gasteiger partial charge is 0.329 e. The number of Topliss-reactive ketones (excluding diaryl/α,β-unsaturated/α-hetero) is 1. The quantitative estimate of drug-likeness (QED) is 0.912. The highest BCUT2D eigenvalue weighted by Gasteiger charge is 2.42. The molecule has 3 heteroatoms. The van der Waals surface area contributed by atoms with Crippen LogP contribution >= 0.6 is 0 Å². The number of ketones is 1. The minimum absolute atomic E-state index is 0.246. The van der Waals surface area contributed by atoms with Crippen LogP contribution in [0.25, 0.3) is 10.9 Å². The molecule has 0 bridgehead atoms. The van der Waals surface area contributed by atoms with Gasteiger partial charge in [-0.3, -0.25) is 9.78 Å². The summed E-state index contributed by atoms with van der Waals surface area (Å²) < 4.78 is 0. The summed E-state index contributed by atoms with van der Waals surface area (Å²) in [5.41, 5.74) is 7.57. The number of hydrogen-bond donors (Lipinski definition) is 1. The maximum atomic E-state index is 12.5. The average molecular weight is 254 g/mol. The highest BCUT2D eigenvalue weighted by atomic mass is 16.1. The van der Waals surface area contributed by atoms with Crippen LogP contribution in [0.3, 0.4) is 0 Å². The van der Waals surface area contributed by atoms with Crippen molar-refractivity contribution in [2.75, 3.05) is 6.54 Å². The molecule has 0 unspecified atom stereocenters. The molecular formula is C16H18N2O. The van der Waals surface area contributed by atoms with Gasteiger partial charge in [0.25, 0.3) is 0 Å². The predicted molar refractivity (Wildman–Crippen MR) is 75.8 cm³/mol. The molecule has 98 valence electrons. The molecule has 1 fully saturated rings.